The van der Waals surface area contributed by atoms with Gasteiger partial charge in [0.25, 0.3) is 5.91 Å². The molecule has 0 spiro atoms. The number of carbonyl (C=O) groups is 2. The van der Waals surface area contributed by atoms with Crippen LogP contribution >= 0.6 is 0 Å². The van der Waals surface area contributed by atoms with Crippen molar-refractivity contribution in [2.45, 2.75) is 20.3 Å². The van der Waals surface area contributed by atoms with Crippen molar-refractivity contribution in [3.05, 3.63) is 59.2 Å². The normalized spacial score (nSPS) is 13.9. The molecule has 3 rings (SSSR count). The molecule has 0 unspecified atom stereocenters. The zero-order chi connectivity index (χ0) is 19.9. The van der Waals surface area contributed by atoms with Gasteiger partial charge in [-0.05, 0) is 49.2 Å². The molecule has 2 aromatic carbocycles. The van der Waals surface area contributed by atoms with Crippen LogP contribution in [0.25, 0.3) is 0 Å². The molecule has 0 atom stereocenters. The molecule has 0 aliphatic carbocycles. The van der Waals surface area contributed by atoms with E-state index >= 15 is 0 Å². The van der Waals surface area contributed by atoms with Crippen molar-refractivity contribution < 1.29 is 19.1 Å². The Morgan fingerprint density at radius 3 is 2.36 bits per heavy atom. The number of morpholine rings is 1. The Kier molecular flexibility index (Phi) is 6.66. The summed E-state index contributed by atoms with van der Waals surface area (Å²) in [5, 5.41) is 2.97. The fourth-order valence-corrected chi connectivity index (χ4v) is 3.14. The van der Waals surface area contributed by atoms with Crippen LogP contribution in [0.4, 0.5) is 11.4 Å². The van der Waals surface area contributed by atoms with Crippen LogP contribution in [-0.4, -0.2) is 44.8 Å². The molecule has 1 aliphatic heterocycles. The average Bonchev–Trinajstić information content (AvgIpc) is 2.74. The van der Waals surface area contributed by atoms with Gasteiger partial charge in [-0.1, -0.05) is 19.1 Å². The van der Waals surface area contributed by atoms with E-state index in [1.54, 1.807) is 19.1 Å². The van der Waals surface area contributed by atoms with Gasteiger partial charge >= 0.3 is 5.97 Å². The average molecular weight is 382 g/mol. The maximum absolute atomic E-state index is 12.8. The van der Waals surface area contributed by atoms with Gasteiger partial charge in [-0.2, -0.15) is 0 Å². The first-order chi connectivity index (χ1) is 13.6. The van der Waals surface area contributed by atoms with Crippen molar-refractivity contribution >= 4 is 23.3 Å². The van der Waals surface area contributed by atoms with Gasteiger partial charge in [0.05, 0.1) is 36.8 Å². The van der Waals surface area contributed by atoms with Crippen LogP contribution in [0.1, 0.15) is 40.1 Å². The summed E-state index contributed by atoms with van der Waals surface area (Å²) in [5.41, 5.74) is 3.63. The highest BCUT2D eigenvalue weighted by Crippen LogP contribution is 2.29. The minimum absolute atomic E-state index is 0.210. The van der Waals surface area contributed by atoms with Crippen molar-refractivity contribution in [1.82, 2.24) is 0 Å². The zero-order valence-electron chi connectivity index (χ0n) is 16.4. The maximum atomic E-state index is 12.8. The quantitative estimate of drug-likeness (QED) is 0.775. The molecule has 0 radical (unpaired) electrons. The van der Waals surface area contributed by atoms with Crippen molar-refractivity contribution in [1.29, 1.82) is 0 Å². The minimum atomic E-state index is -0.404. The highest BCUT2D eigenvalue weighted by molar-refractivity contribution is 6.06. The van der Waals surface area contributed by atoms with E-state index < -0.39 is 5.97 Å². The number of aryl methyl sites for hydroxylation is 1. The number of ether oxygens (including phenoxy) is 2. The number of carbonyl (C=O) groups excluding carboxylic acids is 2. The van der Waals surface area contributed by atoms with E-state index in [0.29, 0.717) is 36.6 Å². The number of benzene rings is 2. The topological polar surface area (TPSA) is 67.9 Å². The molecule has 1 aliphatic rings. The van der Waals surface area contributed by atoms with Gasteiger partial charge in [0.15, 0.2) is 0 Å². The van der Waals surface area contributed by atoms with E-state index in [-0.39, 0.29) is 5.91 Å². The molecule has 1 amide bonds. The summed E-state index contributed by atoms with van der Waals surface area (Å²) in [6.07, 6.45) is 0.921. The molecule has 1 saturated heterocycles. The van der Waals surface area contributed by atoms with Crippen LogP contribution < -0.4 is 10.2 Å². The summed E-state index contributed by atoms with van der Waals surface area (Å²) in [6, 6.07) is 12.8. The summed E-state index contributed by atoms with van der Waals surface area (Å²) in [6.45, 7) is 6.86. The van der Waals surface area contributed by atoms with Gasteiger partial charge in [0, 0.05) is 18.7 Å². The van der Waals surface area contributed by atoms with Crippen molar-refractivity contribution in [3.8, 4) is 0 Å². The van der Waals surface area contributed by atoms with E-state index in [4.69, 9.17) is 9.47 Å². The van der Waals surface area contributed by atoms with Gasteiger partial charge in [-0.15, -0.1) is 0 Å². The fraction of sp³-hybridized carbons (Fsp3) is 0.364. The molecule has 0 aromatic heterocycles. The minimum Gasteiger partial charge on any atom is -0.462 e. The fourth-order valence-electron chi connectivity index (χ4n) is 3.14. The monoisotopic (exact) mass is 382 g/mol. The molecule has 6 heteroatoms. The maximum Gasteiger partial charge on any atom is 0.338 e. The second kappa shape index (κ2) is 9.37. The zero-order valence-corrected chi connectivity index (χ0v) is 16.4. The number of hydrogen-bond donors (Lipinski definition) is 1. The van der Waals surface area contributed by atoms with Crippen LogP contribution in [0.3, 0.4) is 0 Å². The summed E-state index contributed by atoms with van der Waals surface area (Å²) >= 11 is 0. The largest absolute Gasteiger partial charge is 0.462 e. The second-order valence-electron chi connectivity index (χ2n) is 6.56. The summed E-state index contributed by atoms with van der Waals surface area (Å²) in [5.74, 6) is -0.614. The standard InChI is InChI=1S/C22H26N2O4/c1-3-16-5-7-17(8-6-16)21(25)23-19-15-18(22(26)28-4-2)9-10-20(19)24-11-13-27-14-12-24/h5-10,15H,3-4,11-14H2,1-2H3,(H,23,25). The Hall–Kier alpha value is -2.86. The number of nitrogens with zero attached hydrogens (tertiary/aromatic N) is 1. The van der Waals surface area contributed by atoms with Gasteiger partial charge < -0.3 is 19.7 Å². The van der Waals surface area contributed by atoms with Crippen LogP contribution in [0.2, 0.25) is 0 Å². The molecule has 148 valence electrons. The van der Waals surface area contributed by atoms with Gasteiger partial charge in [0.1, 0.15) is 0 Å². The number of hydrogen-bond acceptors (Lipinski definition) is 5. The van der Waals surface area contributed by atoms with Crippen LogP contribution in [0, 0.1) is 0 Å². The molecule has 6 nitrogen and oxygen atoms in total. The highest BCUT2D eigenvalue weighted by Gasteiger charge is 2.19. The van der Waals surface area contributed by atoms with Gasteiger partial charge in [-0.3, -0.25) is 4.79 Å². The summed E-state index contributed by atoms with van der Waals surface area (Å²) in [7, 11) is 0. The number of nitrogens with one attached hydrogen (secondary N) is 1. The first-order valence-corrected chi connectivity index (χ1v) is 9.66. The third kappa shape index (κ3) is 4.70. The Labute approximate surface area is 165 Å². The van der Waals surface area contributed by atoms with E-state index in [1.807, 2.05) is 30.3 Å². The van der Waals surface area contributed by atoms with Crippen molar-refractivity contribution in [2.75, 3.05) is 43.1 Å². The number of rotatable bonds is 6. The molecule has 1 fully saturated rings. The Bertz CT molecular complexity index is 827. The third-order valence-corrected chi connectivity index (χ3v) is 4.73. The first-order valence-electron chi connectivity index (χ1n) is 9.66. The third-order valence-electron chi connectivity index (χ3n) is 4.73. The van der Waals surface area contributed by atoms with Gasteiger partial charge in [-0.25, -0.2) is 4.79 Å². The SMILES string of the molecule is CCOC(=O)c1ccc(N2CCOCC2)c(NC(=O)c2ccc(CC)cc2)c1. The Balaban J connectivity index is 1.88. The Morgan fingerprint density at radius 1 is 1.04 bits per heavy atom. The van der Waals surface area contributed by atoms with E-state index in [1.165, 1.54) is 5.56 Å². The second-order valence-corrected chi connectivity index (χ2v) is 6.56. The summed E-state index contributed by atoms with van der Waals surface area (Å²) < 4.78 is 10.5. The van der Waals surface area contributed by atoms with E-state index in [0.717, 1.165) is 25.2 Å². The smallest absolute Gasteiger partial charge is 0.338 e. The van der Waals surface area contributed by atoms with Crippen LogP contribution in [-0.2, 0) is 15.9 Å². The Morgan fingerprint density at radius 2 is 1.71 bits per heavy atom. The summed E-state index contributed by atoms with van der Waals surface area (Å²) in [4.78, 5) is 27.1. The predicted octanol–water partition coefficient (Wildman–Crippen LogP) is 3.51. The molecule has 0 bridgehead atoms. The molecule has 1 N–H and O–H groups in total. The van der Waals surface area contributed by atoms with E-state index in [2.05, 4.69) is 17.1 Å². The molecule has 28 heavy (non-hydrogen) atoms. The lowest BCUT2D eigenvalue weighted by molar-refractivity contribution is 0.0526. The molecular weight excluding hydrogens is 356 g/mol. The van der Waals surface area contributed by atoms with Crippen molar-refractivity contribution in [3.63, 3.8) is 0 Å². The predicted molar refractivity (Wildman–Crippen MR) is 109 cm³/mol. The lowest BCUT2D eigenvalue weighted by Crippen LogP contribution is -2.36. The lowest BCUT2D eigenvalue weighted by Gasteiger charge is -2.30. The van der Waals surface area contributed by atoms with Crippen LogP contribution in [0.5, 0.6) is 0 Å². The molecule has 2 aromatic rings. The van der Waals surface area contributed by atoms with Crippen molar-refractivity contribution in [2.24, 2.45) is 0 Å². The lowest BCUT2D eigenvalue weighted by atomic mass is 10.1. The number of esters is 1. The number of amides is 1. The number of anilines is 2. The highest BCUT2D eigenvalue weighted by atomic mass is 16.5. The molecule has 0 saturated carbocycles. The molecule has 1 heterocycles. The van der Waals surface area contributed by atoms with E-state index in [9.17, 15) is 9.59 Å². The van der Waals surface area contributed by atoms with Crippen LogP contribution in [0.15, 0.2) is 42.5 Å². The van der Waals surface area contributed by atoms with Gasteiger partial charge in [0.2, 0.25) is 0 Å². The first kappa shape index (κ1) is 19.9. The molecular formula is C22H26N2O4.